The number of hydrogen-bond acceptors (Lipinski definition) is 7. The number of rotatable bonds is 8. The molecule has 0 bridgehead atoms. The van der Waals surface area contributed by atoms with E-state index in [4.69, 9.17) is 10.5 Å². The number of aliphatic hydroxyl groups is 1. The molecule has 1 aliphatic rings. The maximum absolute atomic E-state index is 11.8. The summed E-state index contributed by atoms with van der Waals surface area (Å²) in [6.45, 7) is 6.08. The Labute approximate surface area is 214 Å². The van der Waals surface area contributed by atoms with Crippen LogP contribution in [0.25, 0.3) is 21.3 Å². The van der Waals surface area contributed by atoms with Crippen molar-refractivity contribution in [3.63, 3.8) is 0 Å². The first kappa shape index (κ1) is 24.2. The number of amides is 1. The van der Waals surface area contributed by atoms with E-state index in [9.17, 15) is 9.90 Å². The molecule has 1 saturated heterocycles. The summed E-state index contributed by atoms with van der Waals surface area (Å²) in [5.74, 6) is 0.297. The third-order valence-corrected chi connectivity index (χ3v) is 7.41. The number of hydrogen-bond donors (Lipinski definition) is 2. The summed E-state index contributed by atoms with van der Waals surface area (Å²) in [6.07, 6.45) is -0.584. The van der Waals surface area contributed by atoms with E-state index in [0.717, 1.165) is 64.0 Å². The van der Waals surface area contributed by atoms with E-state index in [1.165, 1.54) is 0 Å². The van der Waals surface area contributed by atoms with Crippen molar-refractivity contribution in [2.45, 2.75) is 13.0 Å². The third kappa shape index (κ3) is 5.51. The van der Waals surface area contributed by atoms with E-state index < -0.39 is 12.0 Å². The number of fused-ring (bicyclic) bond motifs is 1. The number of aliphatic hydroxyl groups excluding tert-OH is 1. The second kappa shape index (κ2) is 10.7. The number of aromatic nitrogens is 1. The minimum atomic E-state index is -0.584. The zero-order valence-electron chi connectivity index (χ0n) is 20.3. The number of carbonyl (C=O) groups is 1. The van der Waals surface area contributed by atoms with E-state index in [-0.39, 0.29) is 6.61 Å². The molecule has 3 aromatic carbocycles. The van der Waals surface area contributed by atoms with Crippen molar-refractivity contribution in [1.82, 2.24) is 9.88 Å². The normalized spacial score (nSPS) is 15.2. The summed E-state index contributed by atoms with van der Waals surface area (Å²) in [5, 5.41) is 11.6. The monoisotopic (exact) mass is 502 g/mol. The summed E-state index contributed by atoms with van der Waals surface area (Å²) in [6, 6.07) is 21.6. The van der Waals surface area contributed by atoms with E-state index in [2.05, 4.69) is 14.8 Å². The molecule has 1 amide bonds. The van der Waals surface area contributed by atoms with Crippen LogP contribution in [-0.2, 0) is 0 Å². The van der Waals surface area contributed by atoms with Crippen molar-refractivity contribution in [1.29, 1.82) is 0 Å². The minimum absolute atomic E-state index is 0.238. The standard InChI is InChI=1S/C28H30N4O3S/c1-19-30-25-16-23(8-10-27(25)36-19)35-18-22(33)17-31-11-13-32(14-12-31)26-9-7-21(28(29)34)15-24(26)20-5-3-2-4-6-20/h2-10,15-16,22,33H,11-14,17-18H2,1H3,(H2,29,34)/t22-/m1/s1. The number of carbonyl (C=O) groups excluding carboxylic acids is 1. The smallest absolute Gasteiger partial charge is 0.248 e. The molecule has 2 heterocycles. The number of nitrogens with two attached hydrogens (primary N) is 1. The van der Waals surface area contributed by atoms with Gasteiger partial charge in [0.15, 0.2) is 0 Å². The molecule has 5 rings (SSSR count). The van der Waals surface area contributed by atoms with Gasteiger partial charge in [-0.3, -0.25) is 9.69 Å². The number of aryl methyl sites for hydroxylation is 1. The Hall–Kier alpha value is -3.46. The van der Waals surface area contributed by atoms with Gasteiger partial charge in [-0.05, 0) is 42.8 Å². The van der Waals surface area contributed by atoms with Crippen molar-refractivity contribution in [2.24, 2.45) is 5.73 Å². The van der Waals surface area contributed by atoms with Gasteiger partial charge in [-0.25, -0.2) is 4.98 Å². The molecule has 0 spiro atoms. The number of nitrogens with zero attached hydrogens (tertiary/aromatic N) is 3. The maximum Gasteiger partial charge on any atom is 0.248 e. The van der Waals surface area contributed by atoms with Crippen LogP contribution >= 0.6 is 11.3 Å². The molecule has 0 unspecified atom stereocenters. The lowest BCUT2D eigenvalue weighted by molar-refractivity contribution is 0.0663. The Kier molecular flexibility index (Phi) is 7.18. The summed E-state index contributed by atoms with van der Waals surface area (Å²) >= 11 is 1.66. The van der Waals surface area contributed by atoms with Gasteiger partial charge in [0.1, 0.15) is 18.5 Å². The molecule has 0 aliphatic carbocycles. The van der Waals surface area contributed by atoms with Gasteiger partial charge in [0.05, 0.1) is 15.2 Å². The predicted octanol–water partition coefficient (Wildman–Crippen LogP) is 3.93. The number of benzene rings is 3. The lowest BCUT2D eigenvalue weighted by atomic mass is 9.99. The first-order chi connectivity index (χ1) is 17.5. The van der Waals surface area contributed by atoms with Crippen molar-refractivity contribution in [3.05, 3.63) is 77.3 Å². The van der Waals surface area contributed by atoms with E-state index in [1.54, 1.807) is 17.4 Å². The van der Waals surface area contributed by atoms with Gasteiger partial charge in [-0.1, -0.05) is 30.3 Å². The van der Waals surface area contributed by atoms with Crippen LogP contribution in [0.15, 0.2) is 66.7 Å². The number of piperazine rings is 1. The quantitative estimate of drug-likeness (QED) is 0.379. The van der Waals surface area contributed by atoms with Crippen LogP contribution in [0.5, 0.6) is 5.75 Å². The largest absolute Gasteiger partial charge is 0.491 e. The van der Waals surface area contributed by atoms with Crippen LogP contribution in [0.1, 0.15) is 15.4 Å². The van der Waals surface area contributed by atoms with E-state index >= 15 is 0 Å². The van der Waals surface area contributed by atoms with Gasteiger partial charge in [-0.15, -0.1) is 11.3 Å². The summed E-state index contributed by atoms with van der Waals surface area (Å²) in [7, 11) is 0. The van der Waals surface area contributed by atoms with Gasteiger partial charge in [0.2, 0.25) is 5.91 Å². The van der Waals surface area contributed by atoms with Crippen LogP contribution in [0.2, 0.25) is 0 Å². The number of anilines is 1. The van der Waals surface area contributed by atoms with Crippen molar-refractivity contribution in [3.8, 4) is 16.9 Å². The molecule has 0 saturated carbocycles. The van der Waals surface area contributed by atoms with Crippen LogP contribution in [0.3, 0.4) is 0 Å². The van der Waals surface area contributed by atoms with Gasteiger partial charge < -0.3 is 20.5 Å². The Morgan fingerprint density at radius 2 is 1.86 bits per heavy atom. The molecule has 8 heteroatoms. The Balaban J connectivity index is 1.18. The molecule has 0 radical (unpaired) electrons. The van der Waals surface area contributed by atoms with Crippen molar-refractivity contribution < 1.29 is 14.6 Å². The fourth-order valence-corrected chi connectivity index (χ4v) is 5.45. The molecule has 1 atom stereocenters. The summed E-state index contributed by atoms with van der Waals surface area (Å²) in [4.78, 5) is 20.9. The predicted molar refractivity (Wildman–Crippen MR) is 145 cm³/mol. The summed E-state index contributed by atoms with van der Waals surface area (Å²) in [5.41, 5.74) is 10.1. The molecule has 3 N–H and O–H groups in total. The highest BCUT2D eigenvalue weighted by molar-refractivity contribution is 7.18. The van der Waals surface area contributed by atoms with Crippen LogP contribution in [-0.4, -0.2) is 66.3 Å². The second-order valence-electron chi connectivity index (χ2n) is 9.08. The molecule has 7 nitrogen and oxygen atoms in total. The SMILES string of the molecule is Cc1nc2cc(OC[C@H](O)CN3CCN(c4ccc(C(N)=O)cc4-c4ccccc4)CC3)ccc2s1. The minimum Gasteiger partial charge on any atom is -0.491 e. The lowest BCUT2D eigenvalue weighted by Gasteiger charge is -2.37. The highest BCUT2D eigenvalue weighted by Gasteiger charge is 2.22. The Bertz CT molecular complexity index is 1350. The molecule has 1 aliphatic heterocycles. The van der Waals surface area contributed by atoms with Gasteiger partial charge in [0, 0.05) is 55.6 Å². The average Bonchev–Trinajstić information content (AvgIpc) is 3.27. The molecule has 36 heavy (non-hydrogen) atoms. The average molecular weight is 503 g/mol. The van der Waals surface area contributed by atoms with Crippen molar-refractivity contribution >= 4 is 33.1 Å². The molecular weight excluding hydrogens is 472 g/mol. The van der Waals surface area contributed by atoms with E-state index in [1.807, 2.05) is 67.6 Å². The third-order valence-electron chi connectivity index (χ3n) is 6.46. The maximum atomic E-state index is 11.8. The van der Waals surface area contributed by atoms with Crippen LogP contribution < -0.4 is 15.4 Å². The first-order valence-electron chi connectivity index (χ1n) is 12.1. The number of thiazole rings is 1. The van der Waals surface area contributed by atoms with Gasteiger partial charge in [-0.2, -0.15) is 0 Å². The number of primary amides is 1. The van der Waals surface area contributed by atoms with Crippen molar-refractivity contribution in [2.75, 3.05) is 44.2 Å². The Morgan fingerprint density at radius 1 is 1.08 bits per heavy atom. The fourth-order valence-electron chi connectivity index (χ4n) is 4.64. The zero-order valence-corrected chi connectivity index (χ0v) is 21.1. The molecule has 4 aromatic rings. The molecule has 186 valence electrons. The molecule has 1 aromatic heterocycles. The molecule has 1 fully saturated rings. The fraction of sp³-hybridized carbons (Fsp3) is 0.286. The lowest BCUT2D eigenvalue weighted by Crippen LogP contribution is -2.49. The highest BCUT2D eigenvalue weighted by Crippen LogP contribution is 2.32. The van der Waals surface area contributed by atoms with Gasteiger partial charge in [0.25, 0.3) is 0 Å². The van der Waals surface area contributed by atoms with E-state index in [0.29, 0.717) is 12.1 Å². The highest BCUT2D eigenvalue weighted by atomic mass is 32.1. The van der Waals surface area contributed by atoms with Crippen LogP contribution in [0.4, 0.5) is 5.69 Å². The summed E-state index contributed by atoms with van der Waals surface area (Å²) < 4.78 is 6.99. The van der Waals surface area contributed by atoms with Gasteiger partial charge >= 0.3 is 0 Å². The number of ether oxygens (including phenoxy) is 1. The van der Waals surface area contributed by atoms with Crippen LogP contribution in [0, 0.1) is 6.92 Å². The number of β-amino-alcohol motifs (C(OH)–C–C–N with tert-alkyl or cyclic N) is 1. The zero-order chi connectivity index (χ0) is 25.1. The molecular formula is C28H30N4O3S. The first-order valence-corrected chi connectivity index (χ1v) is 12.9. The second-order valence-corrected chi connectivity index (χ2v) is 10.3. The topological polar surface area (TPSA) is 91.9 Å². The Morgan fingerprint density at radius 3 is 2.61 bits per heavy atom.